The Morgan fingerprint density at radius 1 is 1.31 bits per heavy atom. The Morgan fingerprint density at radius 2 is 2.04 bits per heavy atom. The van der Waals surface area contributed by atoms with Crippen molar-refractivity contribution in [3.8, 4) is 0 Å². The molecule has 1 heterocycles. The molecular formula is C18H20ClN3O3S. The number of fused-ring (bicyclic) bond motifs is 1. The van der Waals surface area contributed by atoms with Crippen molar-refractivity contribution < 1.29 is 13.2 Å². The molecule has 138 valence electrons. The standard InChI is InChI=1S/C18H20ClN3O3S/c1-22-7-6-15-13(11-22)8-14(10-17(15)26(20,24)25)21-18(23)9-12-4-2-3-5-16(12)19/h2-5,8,10H,6-7,9,11H2,1H3,(H,21,23)(H2,20,24,25). The zero-order valence-corrected chi connectivity index (χ0v) is 15.9. The number of halogens is 1. The zero-order valence-electron chi connectivity index (χ0n) is 14.3. The lowest BCUT2D eigenvalue weighted by atomic mass is 9.99. The van der Waals surface area contributed by atoms with E-state index in [0.717, 1.165) is 17.7 Å². The number of hydrogen-bond acceptors (Lipinski definition) is 4. The Morgan fingerprint density at radius 3 is 2.73 bits per heavy atom. The van der Waals surface area contributed by atoms with Gasteiger partial charge in [-0.1, -0.05) is 29.8 Å². The minimum Gasteiger partial charge on any atom is -0.326 e. The van der Waals surface area contributed by atoms with Crippen LogP contribution in [-0.2, 0) is 34.2 Å². The van der Waals surface area contributed by atoms with Gasteiger partial charge in [-0.15, -0.1) is 0 Å². The molecule has 1 aliphatic heterocycles. The monoisotopic (exact) mass is 393 g/mol. The topological polar surface area (TPSA) is 92.5 Å². The Kier molecular flexibility index (Phi) is 5.34. The molecule has 3 rings (SSSR count). The highest BCUT2D eigenvalue weighted by Crippen LogP contribution is 2.29. The summed E-state index contributed by atoms with van der Waals surface area (Å²) in [4.78, 5) is 14.5. The third-order valence-electron chi connectivity index (χ3n) is 4.38. The predicted octanol–water partition coefficient (Wildman–Crippen LogP) is 2.16. The van der Waals surface area contributed by atoms with Crippen molar-refractivity contribution in [3.05, 3.63) is 58.1 Å². The van der Waals surface area contributed by atoms with Crippen LogP contribution in [0.2, 0.25) is 5.02 Å². The molecule has 1 amide bonds. The molecular weight excluding hydrogens is 374 g/mol. The number of amides is 1. The normalized spacial score (nSPS) is 14.7. The predicted molar refractivity (Wildman–Crippen MR) is 102 cm³/mol. The number of carbonyl (C=O) groups is 1. The molecule has 1 aliphatic rings. The van der Waals surface area contributed by atoms with E-state index in [9.17, 15) is 13.2 Å². The molecule has 0 aromatic heterocycles. The van der Waals surface area contributed by atoms with Crippen molar-refractivity contribution >= 4 is 33.2 Å². The molecule has 0 unspecified atom stereocenters. The number of nitrogens with one attached hydrogen (secondary N) is 1. The fourth-order valence-corrected chi connectivity index (χ4v) is 4.22. The summed E-state index contributed by atoms with van der Waals surface area (Å²) >= 11 is 6.09. The number of nitrogens with zero attached hydrogens (tertiary/aromatic N) is 1. The summed E-state index contributed by atoms with van der Waals surface area (Å²) in [5.41, 5.74) is 2.71. The summed E-state index contributed by atoms with van der Waals surface area (Å²) in [5, 5.41) is 8.66. The number of nitrogens with two attached hydrogens (primary N) is 1. The molecule has 26 heavy (non-hydrogen) atoms. The Bertz CT molecular complexity index is 960. The van der Waals surface area contributed by atoms with Gasteiger partial charge in [0.15, 0.2) is 0 Å². The maximum absolute atomic E-state index is 12.4. The van der Waals surface area contributed by atoms with Crippen molar-refractivity contribution in [2.75, 3.05) is 18.9 Å². The summed E-state index contributed by atoms with van der Waals surface area (Å²) in [7, 11) is -1.92. The number of hydrogen-bond donors (Lipinski definition) is 2. The molecule has 2 aromatic carbocycles. The van der Waals surface area contributed by atoms with Crippen molar-refractivity contribution in [3.63, 3.8) is 0 Å². The van der Waals surface area contributed by atoms with Crippen LogP contribution >= 0.6 is 11.6 Å². The minimum absolute atomic E-state index is 0.0798. The zero-order chi connectivity index (χ0) is 18.9. The van der Waals surface area contributed by atoms with E-state index in [1.165, 1.54) is 6.07 Å². The maximum Gasteiger partial charge on any atom is 0.238 e. The molecule has 0 bridgehead atoms. The van der Waals surface area contributed by atoms with Crippen LogP contribution in [0.5, 0.6) is 0 Å². The van der Waals surface area contributed by atoms with Crippen LogP contribution in [0.3, 0.4) is 0 Å². The smallest absolute Gasteiger partial charge is 0.238 e. The second-order valence-electron chi connectivity index (χ2n) is 6.46. The van der Waals surface area contributed by atoms with Gasteiger partial charge in [-0.05, 0) is 48.4 Å². The molecule has 0 aliphatic carbocycles. The van der Waals surface area contributed by atoms with Crippen LogP contribution < -0.4 is 10.5 Å². The van der Waals surface area contributed by atoms with Gasteiger partial charge in [0.25, 0.3) is 0 Å². The third-order valence-corrected chi connectivity index (χ3v) is 5.73. The van der Waals surface area contributed by atoms with Gasteiger partial charge in [-0.3, -0.25) is 4.79 Å². The van der Waals surface area contributed by atoms with E-state index >= 15 is 0 Å². The number of benzene rings is 2. The first-order chi connectivity index (χ1) is 12.2. The van der Waals surface area contributed by atoms with Gasteiger partial charge in [-0.25, -0.2) is 13.6 Å². The first-order valence-corrected chi connectivity index (χ1v) is 10.1. The van der Waals surface area contributed by atoms with Crippen molar-refractivity contribution in [1.82, 2.24) is 4.90 Å². The van der Waals surface area contributed by atoms with Gasteiger partial charge in [-0.2, -0.15) is 0 Å². The molecule has 8 heteroatoms. The number of likely N-dealkylation sites (N-methyl/N-ethyl adjacent to an activating group) is 1. The summed E-state index contributed by atoms with van der Waals surface area (Å²) in [6.07, 6.45) is 0.701. The third kappa shape index (κ3) is 4.24. The molecule has 0 radical (unpaired) electrons. The Hall–Kier alpha value is -1.93. The largest absolute Gasteiger partial charge is 0.326 e. The summed E-state index contributed by atoms with van der Waals surface area (Å²) in [5.74, 6) is -0.275. The van der Waals surface area contributed by atoms with Crippen LogP contribution in [0, 0.1) is 0 Å². The van der Waals surface area contributed by atoms with Gasteiger partial charge in [0, 0.05) is 23.8 Å². The van der Waals surface area contributed by atoms with Crippen molar-refractivity contribution in [2.24, 2.45) is 5.14 Å². The minimum atomic E-state index is -3.88. The fourth-order valence-electron chi connectivity index (χ4n) is 3.15. The summed E-state index contributed by atoms with van der Waals surface area (Å²) < 4.78 is 24.0. The van der Waals surface area contributed by atoms with E-state index in [1.807, 2.05) is 19.2 Å². The van der Waals surface area contributed by atoms with Gasteiger partial charge < -0.3 is 10.2 Å². The quantitative estimate of drug-likeness (QED) is 0.832. The molecule has 0 atom stereocenters. The molecule has 2 aromatic rings. The fraction of sp³-hybridized carbons (Fsp3) is 0.278. The number of rotatable bonds is 4. The average Bonchev–Trinajstić information content (AvgIpc) is 2.55. The van der Waals surface area contributed by atoms with Crippen molar-refractivity contribution in [1.29, 1.82) is 0 Å². The van der Waals surface area contributed by atoms with E-state index in [2.05, 4.69) is 10.2 Å². The highest BCUT2D eigenvalue weighted by Gasteiger charge is 2.23. The van der Waals surface area contributed by atoms with Gasteiger partial charge >= 0.3 is 0 Å². The van der Waals surface area contributed by atoms with E-state index in [4.69, 9.17) is 16.7 Å². The SMILES string of the molecule is CN1CCc2c(cc(NC(=O)Cc3ccccc3Cl)cc2S(N)(=O)=O)C1. The van der Waals surface area contributed by atoms with E-state index in [0.29, 0.717) is 29.2 Å². The number of anilines is 1. The van der Waals surface area contributed by atoms with Crippen LogP contribution in [0.4, 0.5) is 5.69 Å². The number of primary sulfonamides is 1. The Balaban J connectivity index is 1.89. The maximum atomic E-state index is 12.4. The number of carbonyl (C=O) groups excluding carboxylic acids is 1. The van der Waals surface area contributed by atoms with Crippen molar-refractivity contribution in [2.45, 2.75) is 24.3 Å². The highest BCUT2D eigenvalue weighted by atomic mass is 35.5. The molecule has 0 spiro atoms. The van der Waals surface area contributed by atoms with Gasteiger partial charge in [0.1, 0.15) is 0 Å². The highest BCUT2D eigenvalue weighted by molar-refractivity contribution is 7.89. The molecule has 6 nitrogen and oxygen atoms in total. The Labute approximate surface area is 158 Å². The summed E-state index contributed by atoms with van der Waals surface area (Å²) in [6.45, 7) is 1.36. The first kappa shape index (κ1) is 18.8. The van der Waals surface area contributed by atoms with E-state index < -0.39 is 10.0 Å². The lowest BCUT2D eigenvalue weighted by molar-refractivity contribution is -0.115. The van der Waals surface area contributed by atoms with E-state index in [-0.39, 0.29) is 17.2 Å². The molecule has 3 N–H and O–H groups in total. The van der Waals surface area contributed by atoms with Crippen LogP contribution in [0.1, 0.15) is 16.7 Å². The molecule has 0 saturated carbocycles. The number of sulfonamides is 1. The average molecular weight is 394 g/mol. The van der Waals surface area contributed by atoms with Crippen LogP contribution in [-0.4, -0.2) is 32.8 Å². The lowest BCUT2D eigenvalue weighted by Gasteiger charge is -2.27. The van der Waals surface area contributed by atoms with Gasteiger partial charge in [0.2, 0.25) is 15.9 Å². The van der Waals surface area contributed by atoms with Gasteiger partial charge in [0.05, 0.1) is 11.3 Å². The summed E-state index contributed by atoms with van der Waals surface area (Å²) in [6, 6.07) is 10.3. The van der Waals surface area contributed by atoms with Crippen LogP contribution in [0.15, 0.2) is 41.3 Å². The second kappa shape index (κ2) is 7.36. The second-order valence-corrected chi connectivity index (χ2v) is 8.40. The van der Waals surface area contributed by atoms with E-state index in [1.54, 1.807) is 18.2 Å². The molecule has 0 fully saturated rings. The first-order valence-electron chi connectivity index (χ1n) is 8.14. The molecule has 0 saturated heterocycles. The van der Waals surface area contributed by atoms with Crippen LogP contribution in [0.25, 0.3) is 0 Å². The lowest BCUT2D eigenvalue weighted by Crippen LogP contribution is -2.29.